The van der Waals surface area contributed by atoms with Crippen LogP contribution >= 0.6 is 0 Å². The van der Waals surface area contributed by atoms with Crippen molar-refractivity contribution in [1.82, 2.24) is 0 Å². The second-order valence-electron chi connectivity index (χ2n) is 1.78. The summed E-state index contributed by atoms with van der Waals surface area (Å²) in [6, 6.07) is 8.66. The zero-order valence-corrected chi connectivity index (χ0v) is 5.86. The van der Waals surface area contributed by atoms with Gasteiger partial charge < -0.3 is 11.5 Å². The molecule has 0 aliphatic heterocycles. The maximum atomic E-state index is 8.58. The Morgan fingerprint density at radius 1 is 1.10 bits per heavy atom. The van der Waals surface area contributed by atoms with Gasteiger partial charge in [-0.25, -0.2) is 0 Å². The van der Waals surface area contributed by atoms with Crippen LogP contribution in [0, 0.1) is 0 Å². The molecule has 1 aromatic rings. The van der Waals surface area contributed by atoms with E-state index in [9.17, 15) is 0 Å². The quantitative estimate of drug-likeness (QED) is 0.387. The molecule has 1 aromatic carbocycles. The van der Waals surface area contributed by atoms with E-state index < -0.39 is 7.12 Å². The molecule has 2 nitrogen and oxygen atoms in total. The summed E-state index contributed by atoms with van der Waals surface area (Å²) >= 11 is 0. The van der Waals surface area contributed by atoms with Crippen LogP contribution in [0.4, 0.5) is 0 Å². The Balaban J connectivity index is 0. The molecule has 0 saturated carbocycles. The molecule has 1 rings (SSSR count). The van der Waals surface area contributed by atoms with Crippen molar-refractivity contribution >= 4 is 12.6 Å². The van der Waals surface area contributed by atoms with E-state index in [4.69, 9.17) is 10.0 Å². The van der Waals surface area contributed by atoms with Crippen LogP contribution in [0.25, 0.3) is 0 Å². The molecule has 48 valence electrons. The van der Waals surface area contributed by atoms with Gasteiger partial charge in [0.1, 0.15) is 0 Å². The molecule has 0 aromatic heterocycles. The molecule has 4 heteroatoms. The third kappa shape index (κ3) is 2.59. The molecule has 0 unspecified atom stereocenters. The second kappa shape index (κ2) is 4.59. The normalized spacial score (nSPS) is 8.20. The van der Waals surface area contributed by atoms with Crippen LogP contribution in [0.15, 0.2) is 30.3 Å². The molecular weight excluding hydrogens is 122 g/mol. The monoisotopic (exact) mass is 130 g/mol. The summed E-state index contributed by atoms with van der Waals surface area (Å²) in [6.07, 6.45) is 0. The minimum Gasteiger partial charge on any atom is -1.00 e. The summed E-state index contributed by atoms with van der Waals surface area (Å²) in [5.74, 6) is 0. The fourth-order valence-corrected chi connectivity index (χ4v) is 0.625. The molecule has 0 aliphatic rings. The Hall–Kier alpha value is -0.198. The van der Waals surface area contributed by atoms with E-state index in [0.717, 1.165) is 0 Å². The first kappa shape index (κ1) is 9.80. The van der Waals surface area contributed by atoms with Crippen LogP contribution in [0.2, 0.25) is 0 Å². The van der Waals surface area contributed by atoms with Gasteiger partial charge in [0.2, 0.25) is 0 Å². The molecule has 0 heterocycles. The van der Waals surface area contributed by atoms with E-state index in [2.05, 4.69) is 0 Å². The van der Waals surface area contributed by atoms with Crippen molar-refractivity contribution in [3.05, 3.63) is 30.3 Å². The smallest absolute Gasteiger partial charge is 1.00 e. The van der Waals surface area contributed by atoms with Crippen molar-refractivity contribution in [2.45, 2.75) is 0 Å². The van der Waals surface area contributed by atoms with Crippen LogP contribution in [0.5, 0.6) is 0 Å². The van der Waals surface area contributed by atoms with E-state index >= 15 is 0 Å². The topological polar surface area (TPSA) is 40.5 Å². The van der Waals surface area contributed by atoms with Gasteiger partial charge in [-0.15, -0.1) is 0 Å². The fraction of sp³-hybridized carbons (Fsp3) is 0. The van der Waals surface area contributed by atoms with Crippen LogP contribution in [-0.2, 0) is 0 Å². The molecule has 0 amide bonds. The van der Waals surface area contributed by atoms with Crippen molar-refractivity contribution in [3.8, 4) is 0 Å². The van der Waals surface area contributed by atoms with Gasteiger partial charge in [-0.1, -0.05) is 30.3 Å². The van der Waals surface area contributed by atoms with Crippen molar-refractivity contribution in [2.24, 2.45) is 0 Å². The van der Waals surface area contributed by atoms with E-state index in [0.29, 0.717) is 5.46 Å². The van der Waals surface area contributed by atoms with E-state index in [1.165, 1.54) is 0 Å². The first-order valence-electron chi connectivity index (χ1n) is 2.72. The Labute approximate surface area is 73.7 Å². The largest absolute Gasteiger partial charge is 1.00 e. The average molecular weight is 130 g/mol. The van der Waals surface area contributed by atoms with Crippen LogP contribution < -0.4 is 24.3 Å². The molecule has 2 N–H and O–H groups in total. The summed E-state index contributed by atoms with van der Waals surface area (Å²) < 4.78 is 0. The third-order valence-corrected chi connectivity index (χ3v) is 1.10. The molecule has 0 bridgehead atoms. The Morgan fingerprint density at radius 2 is 1.60 bits per heavy atom. The fourth-order valence-electron chi connectivity index (χ4n) is 0.625. The summed E-state index contributed by atoms with van der Waals surface area (Å²) in [5.41, 5.74) is 0.525. The predicted molar refractivity (Wildman–Crippen MR) is 37.4 cm³/mol. The third-order valence-electron chi connectivity index (χ3n) is 1.10. The zero-order valence-electron chi connectivity index (χ0n) is 6.86. The molecule has 0 aliphatic carbocycles. The molecule has 0 saturated heterocycles. The van der Waals surface area contributed by atoms with E-state index in [1.807, 2.05) is 6.07 Å². The van der Waals surface area contributed by atoms with Crippen LogP contribution in [0.1, 0.15) is 1.43 Å². The molecule has 0 radical (unpaired) electrons. The van der Waals surface area contributed by atoms with Crippen LogP contribution in [0.3, 0.4) is 0 Å². The van der Waals surface area contributed by atoms with Crippen molar-refractivity contribution in [2.75, 3.05) is 0 Å². The van der Waals surface area contributed by atoms with Gasteiger partial charge in [-0.2, -0.15) is 0 Å². The summed E-state index contributed by atoms with van der Waals surface area (Å²) in [7, 11) is -1.34. The first-order valence-corrected chi connectivity index (χ1v) is 2.72. The number of benzene rings is 1. The van der Waals surface area contributed by atoms with E-state index in [1.54, 1.807) is 24.3 Å². The minimum absolute atomic E-state index is 0. The van der Waals surface area contributed by atoms with Crippen molar-refractivity contribution < 1.29 is 30.3 Å². The number of hydrogen-bond acceptors (Lipinski definition) is 2. The van der Waals surface area contributed by atoms with E-state index in [-0.39, 0.29) is 20.3 Å². The maximum Gasteiger partial charge on any atom is 1.00 e. The first-order chi connectivity index (χ1) is 4.30. The Morgan fingerprint density at radius 3 is 1.90 bits per heavy atom. The van der Waals surface area contributed by atoms with Gasteiger partial charge in [-0.05, 0) is 5.46 Å². The zero-order chi connectivity index (χ0) is 6.69. The van der Waals surface area contributed by atoms with Crippen LogP contribution in [-0.4, -0.2) is 17.2 Å². The molecule has 0 spiro atoms. The van der Waals surface area contributed by atoms with Gasteiger partial charge in [0.05, 0.1) is 0 Å². The second-order valence-corrected chi connectivity index (χ2v) is 1.78. The number of hydrogen-bond donors (Lipinski definition) is 2. The summed E-state index contributed by atoms with van der Waals surface area (Å²) in [5, 5.41) is 17.2. The molecule has 10 heavy (non-hydrogen) atoms. The van der Waals surface area contributed by atoms with Crippen molar-refractivity contribution in [1.29, 1.82) is 0 Å². The standard InChI is InChI=1S/C6H7BO2.Li.H/c8-7(9)6-4-2-1-3-5-6;;/h1-5,8-9H;;/q;+1;-1. The Kier molecular flexibility index (Phi) is 4.50. The molecular formula is C6H8BLiO2. The average Bonchev–Trinajstić information content (AvgIpc) is 1.90. The van der Waals surface area contributed by atoms with Gasteiger partial charge in [-0.3, -0.25) is 0 Å². The Bertz CT molecular complexity index is 183. The van der Waals surface area contributed by atoms with Gasteiger partial charge in [0.25, 0.3) is 0 Å². The molecule has 0 fully saturated rings. The van der Waals surface area contributed by atoms with Gasteiger partial charge in [0.15, 0.2) is 0 Å². The number of rotatable bonds is 1. The van der Waals surface area contributed by atoms with Crippen molar-refractivity contribution in [3.63, 3.8) is 0 Å². The SMILES string of the molecule is OB(O)c1ccccc1.[H-].[Li+]. The summed E-state index contributed by atoms with van der Waals surface area (Å²) in [6.45, 7) is 0. The molecule has 0 atom stereocenters. The maximum absolute atomic E-state index is 8.58. The van der Waals surface area contributed by atoms with Gasteiger partial charge in [0, 0.05) is 0 Å². The predicted octanol–water partition coefficient (Wildman–Crippen LogP) is -3.52. The summed E-state index contributed by atoms with van der Waals surface area (Å²) in [4.78, 5) is 0. The minimum atomic E-state index is -1.34. The van der Waals surface area contributed by atoms with Gasteiger partial charge >= 0.3 is 26.0 Å².